The molecule has 39 heavy (non-hydrogen) atoms. The van der Waals surface area contributed by atoms with Gasteiger partial charge in [0, 0.05) is 42.4 Å². The third-order valence-electron chi connectivity index (χ3n) is 6.95. The minimum atomic E-state index is -0.641. The smallest absolute Gasteiger partial charge is 0.321 e. The lowest BCUT2D eigenvalue weighted by molar-refractivity contribution is 0.00589. The van der Waals surface area contributed by atoms with E-state index in [9.17, 15) is 24.6 Å². The van der Waals surface area contributed by atoms with Gasteiger partial charge >= 0.3 is 6.03 Å². The van der Waals surface area contributed by atoms with Crippen LogP contribution in [0.2, 0.25) is 0 Å². The molecule has 3 amide bonds. The van der Waals surface area contributed by atoms with Crippen LogP contribution in [0, 0.1) is 11.8 Å². The first kappa shape index (κ1) is 26.0. The Kier molecular flexibility index (Phi) is 7.09. The van der Waals surface area contributed by atoms with Gasteiger partial charge in [-0.05, 0) is 55.8 Å². The number of aromatic hydroxyl groups is 1. The molecule has 1 atom stereocenters. The zero-order chi connectivity index (χ0) is 27.7. The minimum absolute atomic E-state index is 0.0300. The zero-order valence-corrected chi connectivity index (χ0v) is 21.7. The molecule has 1 aromatic heterocycles. The highest BCUT2D eigenvalue weighted by molar-refractivity contribution is 5.94. The molecule has 10 nitrogen and oxygen atoms in total. The number of carbonyl (C=O) groups excluding carboxylic acids is 2. The number of nitrogens with one attached hydrogen (secondary N) is 1. The van der Waals surface area contributed by atoms with Gasteiger partial charge in [-0.25, -0.2) is 9.78 Å². The Morgan fingerprint density at radius 2 is 1.64 bits per heavy atom. The highest BCUT2D eigenvalue weighted by Gasteiger charge is 2.40. The maximum Gasteiger partial charge on any atom is 0.321 e. The standard InChI is InChI=1S/C29H29N5O5/c1-18(2)34-25(16-33(29(34)39)15-24-26(36)27(37)31-17-30-24)21-9-5-19(6-10-21)3-4-20-7-11-22(12-8-20)28(38)32-13-23(35)14-32/h5-12,17-18,23,25,35-36H,13-16H2,1-2H3,(H,30,31,37). The van der Waals surface area contributed by atoms with Crippen LogP contribution in [0.4, 0.5) is 4.79 Å². The van der Waals surface area contributed by atoms with Crippen LogP contribution in [-0.4, -0.2) is 78.6 Å². The average Bonchev–Trinajstić information content (AvgIpc) is 3.24. The number of hydrogen-bond acceptors (Lipinski definition) is 6. The van der Waals surface area contributed by atoms with E-state index in [1.807, 2.05) is 38.1 Å². The maximum atomic E-state index is 13.2. The molecule has 5 rings (SSSR count). The Bertz CT molecular complexity index is 1500. The second-order valence-corrected chi connectivity index (χ2v) is 10.0. The van der Waals surface area contributed by atoms with Gasteiger partial charge in [-0.15, -0.1) is 0 Å². The largest absolute Gasteiger partial charge is 0.502 e. The summed E-state index contributed by atoms with van der Waals surface area (Å²) in [5.74, 6) is 5.67. The third kappa shape index (κ3) is 5.35. The number of rotatable bonds is 5. The summed E-state index contributed by atoms with van der Waals surface area (Å²) >= 11 is 0. The molecule has 2 saturated heterocycles. The SMILES string of the molecule is CC(C)N1C(=O)N(Cc2nc[nH]c(=O)c2O)CC1c1ccc(C#Cc2ccc(C(=O)N3CC(O)C3)cc2)cc1. The van der Waals surface area contributed by atoms with Crippen molar-refractivity contribution in [3.63, 3.8) is 0 Å². The lowest BCUT2D eigenvalue weighted by atomic mass is 10.0. The number of aromatic nitrogens is 2. The fourth-order valence-corrected chi connectivity index (χ4v) is 4.81. The van der Waals surface area contributed by atoms with E-state index in [1.165, 1.54) is 6.33 Å². The number of likely N-dealkylation sites (tertiary alicyclic amines) is 1. The summed E-state index contributed by atoms with van der Waals surface area (Å²) in [7, 11) is 0. The molecule has 3 aromatic rings. The van der Waals surface area contributed by atoms with E-state index in [1.54, 1.807) is 39.0 Å². The predicted octanol–water partition coefficient (Wildman–Crippen LogP) is 2.08. The lowest BCUT2D eigenvalue weighted by Gasteiger charge is -2.35. The van der Waals surface area contributed by atoms with E-state index in [2.05, 4.69) is 21.8 Å². The normalized spacial score (nSPS) is 17.3. The Hall–Kier alpha value is -4.62. The van der Waals surface area contributed by atoms with E-state index in [-0.39, 0.29) is 36.3 Å². The summed E-state index contributed by atoms with van der Waals surface area (Å²) in [6.45, 7) is 5.05. The molecular formula is C29H29N5O5. The number of β-amino-alcohol motifs (C(OH)–C–C–N with tert-alkyl or cyclic N) is 1. The quantitative estimate of drug-likeness (QED) is 0.436. The number of hydrogen-bond donors (Lipinski definition) is 3. The molecule has 2 aliphatic rings. The van der Waals surface area contributed by atoms with Crippen molar-refractivity contribution in [1.82, 2.24) is 24.7 Å². The Morgan fingerprint density at radius 1 is 1.03 bits per heavy atom. The summed E-state index contributed by atoms with van der Waals surface area (Å²) in [6.07, 6.45) is 0.781. The highest BCUT2D eigenvalue weighted by Crippen LogP contribution is 2.33. The summed E-state index contributed by atoms with van der Waals surface area (Å²) < 4.78 is 0. The fraction of sp³-hybridized carbons (Fsp3) is 0.310. The molecule has 0 saturated carbocycles. The Labute approximate surface area is 225 Å². The first-order chi connectivity index (χ1) is 18.7. The van der Waals surface area contributed by atoms with E-state index < -0.39 is 17.4 Å². The van der Waals surface area contributed by atoms with Crippen LogP contribution in [0.25, 0.3) is 0 Å². The molecule has 0 radical (unpaired) electrons. The number of nitrogens with zero attached hydrogens (tertiary/aromatic N) is 4. The van der Waals surface area contributed by atoms with Crippen LogP contribution >= 0.6 is 0 Å². The molecule has 2 aliphatic heterocycles. The van der Waals surface area contributed by atoms with Crippen molar-refractivity contribution in [2.24, 2.45) is 0 Å². The van der Waals surface area contributed by atoms with E-state index in [0.717, 1.165) is 16.7 Å². The molecule has 1 unspecified atom stereocenters. The molecule has 3 heterocycles. The first-order valence-corrected chi connectivity index (χ1v) is 12.7. The third-order valence-corrected chi connectivity index (χ3v) is 6.95. The van der Waals surface area contributed by atoms with Gasteiger partial charge < -0.3 is 29.9 Å². The minimum Gasteiger partial charge on any atom is -0.502 e. The van der Waals surface area contributed by atoms with Crippen molar-refractivity contribution < 1.29 is 19.8 Å². The first-order valence-electron chi connectivity index (χ1n) is 12.7. The second kappa shape index (κ2) is 10.6. The van der Waals surface area contributed by atoms with Crippen LogP contribution in [0.5, 0.6) is 5.75 Å². The number of amides is 3. The van der Waals surface area contributed by atoms with Crippen molar-refractivity contribution in [1.29, 1.82) is 0 Å². The number of aromatic amines is 1. The molecule has 10 heteroatoms. The van der Waals surface area contributed by atoms with Gasteiger partial charge in [0.2, 0.25) is 5.75 Å². The van der Waals surface area contributed by atoms with E-state index >= 15 is 0 Å². The summed E-state index contributed by atoms with van der Waals surface area (Å²) in [4.78, 5) is 48.6. The number of benzene rings is 2. The van der Waals surface area contributed by atoms with Crippen LogP contribution in [0.3, 0.4) is 0 Å². The number of carbonyl (C=O) groups is 2. The topological polar surface area (TPSA) is 130 Å². The van der Waals surface area contributed by atoms with Crippen molar-refractivity contribution in [2.75, 3.05) is 19.6 Å². The van der Waals surface area contributed by atoms with Gasteiger partial charge in [0.1, 0.15) is 5.69 Å². The van der Waals surface area contributed by atoms with Crippen LogP contribution in [0.1, 0.15) is 52.6 Å². The molecule has 2 fully saturated rings. The van der Waals surface area contributed by atoms with E-state index in [4.69, 9.17) is 0 Å². The van der Waals surface area contributed by atoms with Crippen LogP contribution in [0.15, 0.2) is 59.7 Å². The molecule has 2 aromatic carbocycles. The van der Waals surface area contributed by atoms with Gasteiger partial charge in [0.15, 0.2) is 0 Å². The van der Waals surface area contributed by atoms with Crippen LogP contribution < -0.4 is 5.56 Å². The Balaban J connectivity index is 1.28. The molecule has 0 spiro atoms. The second-order valence-electron chi connectivity index (χ2n) is 10.0. The van der Waals surface area contributed by atoms with Gasteiger partial charge in [0.25, 0.3) is 11.5 Å². The number of urea groups is 1. The summed E-state index contributed by atoms with van der Waals surface area (Å²) in [6, 6.07) is 14.3. The monoisotopic (exact) mass is 527 g/mol. The fourth-order valence-electron chi connectivity index (χ4n) is 4.81. The summed E-state index contributed by atoms with van der Waals surface area (Å²) in [5, 5.41) is 19.4. The van der Waals surface area contributed by atoms with Crippen molar-refractivity contribution in [3.05, 3.63) is 93.2 Å². The van der Waals surface area contributed by atoms with Gasteiger partial charge in [-0.1, -0.05) is 24.0 Å². The lowest BCUT2D eigenvalue weighted by Crippen LogP contribution is -2.53. The van der Waals surface area contributed by atoms with Crippen molar-refractivity contribution in [2.45, 2.75) is 38.6 Å². The molecule has 3 N–H and O–H groups in total. The Morgan fingerprint density at radius 3 is 2.23 bits per heavy atom. The van der Waals surface area contributed by atoms with Crippen LogP contribution in [-0.2, 0) is 6.54 Å². The van der Waals surface area contributed by atoms with Gasteiger partial charge in [0.05, 0.1) is 25.0 Å². The average molecular weight is 528 g/mol. The zero-order valence-electron chi connectivity index (χ0n) is 21.7. The van der Waals surface area contributed by atoms with Gasteiger partial charge in [-0.3, -0.25) is 9.59 Å². The molecule has 0 aliphatic carbocycles. The van der Waals surface area contributed by atoms with E-state index in [0.29, 0.717) is 25.2 Å². The molecular weight excluding hydrogens is 498 g/mol. The van der Waals surface area contributed by atoms with Crippen molar-refractivity contribution >= 4 is 11.9 Å². The summed E-state index contributed by atoms with van der Waals surface area (Å²) in [5.41, 5.74) is 2.61. The molecule has 200 valence electrons. The highest BCUT2D eigenvalue weighted by atomic mass is 16.3. The number of aliphatic hydroxyl groups is 1. The maximum absolute atomic E-state index is 13.2. The number of aliphatic hydroxyl groups excluding tert-OH is 1. The van der Waals surface area contributed by atoms with Gasteiger partial charge in [-0.2, -0.15) is 0 Å². The van der Waals surface area contributed by atoms with Crippen molar-refractivity contribution in [3.8, 4) is 17.6 Å². The molecule has 0 bridgehead atoms. The predicted molar refractivity (Wildman–Crippen MR) is 143 cm³/mol. The number of H-pyrrole nitrogens is 1.